The first kappa shape index (κ1) is 14.4. The molecule has 1 saturated heterocycles. The van der Waals surface area contributed by atoms with Crippen molar-refractivity contribution in [3.8, 4) is 0 Å². The molecule has 1 amide bonds. The van der Waals surface area contributed by atoms with Crippen molar-refractivity contribution in [1.29, 1.82) is 0 Å². The van der Waals surface area contributed by atoms with Gasteiger partial charge in [0.05, 0.1) is 11.4 Å². The van der Waals surface area contributed by atoms with Gasteiger partial charge >= 0.3 is 0 Å². The van der Waals surface area contributed by atoms with E-state index in [1.54, 1.807) is 12.1 Å². The summed E-state index contributed by atoms with van der Waals surface area (Å²) in [6, 6.07) is 11.1. The summed E-state index contributed by atoms with van der Waals surface area (Å²) in [4.78, 5) is 14.3. The minimum Gasteiger partial charge on any atom is -0.397 e. The number of nitrogen functional groups attached to an aromatic ring is 1. The lowest BCUT2D eigenvalue weighted by Gasteiger charge is -2.20. The number of rotatable bonds is 3. The molecule has 0 aromatic heterocycles. The molecule has 5 heteroatoms. The van der Waals surface area contributed by atoms with Crippen LogP contribution >= 0.6 is 0 Å². The van der Waals surface area contributed by atoms with Crippen molar-refractivity contribution in [3.63, 3.8) is 0 Å². The van der Waals surface area contributed by atoms with Crippen molar-refractivity contribution >= 4 is 23.0 Å². The molecule has 4 nitrogen and oxygen atoms in total. The maximum Gasteiger partial charge on any atom is 0.255 e. The van der Waals surface area contributed by atoms with Gasteiger partial charge in [-0.25, -0.2) is 4.39 Å². The highest BCUT2D eigenvalue weighted by molar-refractivity contribution is 6.04. The molecule has 2 aromatic rings. The second-order valence-corrected chi connectivity index (χ2v) is 5.43. The van der Waals surface area contributed by atoms with E-state index in [0.717, 1.165) is 18.8 Å². The van der Waals surface area contributed by atoms with Gasteiger partial charge < -0.3 is 16.0 Å². The van der Waals surface area contributed by atoms with E-state index in [9.17, 15) is 9.18 Å². The zero-order valence-electron chi connectivity index (χ0n) is 12.2. The first-order valence-electron chi connectivity index (χ1n) is 7.35. The number of carbonyl (C=O) groups excluding carboxylic acids is 1. The molecule has 22 heavy (non-hydrogen) atoms. The first-order chi connectivity index (χ1) is 10.6. The van der Waals surface area contributed by atoms with Gasteiger partial charge in [-0.2, -0.15) is 0 Å². The fraction of sp³-hybridized carbons (Fsp3) is 0.235. The molecule has 1 aliphatic heterocycles. The number of carbonyl (C=O) groups is 1. The smallest absolute Gasteiger partial charge is 0.255 e. The van der Waals surface area contributed by atoms with E-state index in [1.807, 2.05) is 12.1 Å². The van der Waals surface area contributed by atoms with E-state index in [-0.39, 0.29) is 11.5 Å². The average molecular weight is 299 g/mol. The number of nitrogens with two attached hydrogens (primary N) is 1. The van der Waals surface area contributed by atoms with Gasteiger partial charge in [0.25, 0.3) is 5.91 Å². The second-order valence-electron chi connectivity index (χ2n) is 5.43. The van der Waals surface area contributed by atoms with Crippen molar-refractivity contribution in [3.05, 3.63) is 53.8 Å². The van der Waals surface area contributed by atoms with E-state index in [1.165, 1.54) is 31.0 Å². The summed E-state index contributed by atoms with van der Waals surface area (Å²) in [5.41, 5.74) is 8.61. The molecule has 0 saturated carbocycles. The van der Waals surface area contributed by atoms with E-state index >= 15 is 0 Å². The van der Waals surface area contributed by atoms with Crippen LogP contribution in [0.3, 0.4) is 0 Å². The Hall–Kier alpha value is -2.56. The van der Waals surface area contributed by atoms with Crippen LogP contribution in [0.4, 0.5) is 21.5 Å². The Bertz CT molecular complexity index is 696. The number of amides is 1. The molecule has 0 unspecified atom stereocenters. The van der Waals surface area contributed by atoms with E-state index in [4.69, 9.17) is 5.73 Å². The molecule has 0 spiro atoms. The summed E-state index contributed by atoms with van der Waals surface area (Å²) >= 11 is 0. The second kappa shape index (κ2) is 6.05. The molecule has 2 aromatic carbocycles. The Labute approximate surface area is 128 Å². The van der Waals surface area contributed by atoms with E-state index in [2.05, 4.69) is 10.2 Å². The summed E-state index contributed by atoms with van der Waals surface area (Å²) in [6.07, 6.45) is 2.36. The van der Waals surface area contributed by atoms with Crippen LogP contribution in [0.2, 0.25) is 0 Å². The monoisotopic (exact) mass is 299 g/mol. The maximum atomic E-state index is 13.2. The Balaban J connectivity index is 1.75. The van der Waals surface area contributed by atoms with Crippen LogP contribution in [-0.2, 0) is 0 Å². The number of benzene rings is 2. The van der Waals surface area contributed by atoms with Crippen molar-refractivity contribution < 1.29 is 9.18 Å². The maximum absolute atomic E-state index is 13.2. The number of anilines is 3. The fourth-order valence-corrected chi connectivity index (χ4v) is 2.71. The number of hydrogen-bond acceptors (Lipinski definition) is 3. The number of halogens is 1. The van der Waals surface area contributed by atoms with Gasteiger partial charge in [-0.05, 0) is 49.2 Å². The Morgan fingerprint density at radius 1 is 1.14 bits per heavy atom. The van der Waals surface area contributed by atoms with Gasteiger partial charge in [0.2, 0.25) is 0 Å². The van der Waals surface area contributed by atoms with Gasteiger partial charge in [0.15, 0.2) is 0 Å². The van der Waals surface area contributed by atoms with E-state index in [0.29, 0.717) is 11.4 Å². The van der Waals surface area contributed by atoms with E-state index < -0.39 is 5.82 Å². The first-order valence-corrected chi connectivity index (χ1v) is 7.35. The quantitative estimate of drug-likeness (QED) is 0.855. The molecule has 114 valence electrons. The molecule has 3 rings (SSSR count). The third kappa shape index (κ3) is 3.03. The minimum absolute atomic E-state index is 0.280. The van der Waals surface area contributed by atoms with Crippen molar-refractivity contribution in [2.75, 3.05) is 29.0 Å². The van der Waals surface area contributed by atoms with Crippen LogP contribution in [0.1, 0.15) is 23.2 Å². The predicted molar refractivity (Wildman–Crippen MR) is 86.7 cm³/mol. The number of nitrogens with zero attached hydrogens (tertiary/aromatic N) is 1. The molecule has 1 heterocycles. The molecule has 0 atom stereocenters. The van der Waals surface area contributed by atoms with Gasteiger partial charge in [0.1, 0.15) is 5.82 Å². The summed E-state index contributed by atoms with van der Waals surface area (Å²) in [5, 5.41) is 2.74. The SMILES string of the molecule is Nc1cc(NC(=O)c2cccc(F)c2)ccc1N1CCCC1. The third-order valence-electron chi connectivity index (χ3n) is 3.82. The lowest BCUT2D eigenvalue weighted by molar-refractivity contribution is 0.102. The van der Waals surface area contributed by atoms with Crippen molar-refractivity contribution in [1.82, 2.24) is 0 Å². The molecular formula is C17H18FN3O. The summed E-state index contributed by atoms with van der Waals surface area (Å²) in [6.45, 7) is 2.03. The summed E-state index contributed by atoms with van der Waals surface area (Å²) < 4.78 is 13.2. The average Bonchev–Trinajstić information content (AvgIpc) is 3.01. The minimum atomic E-state index is -0.434. The van der Waals surface area contributed by atoms with Gasteiger partial charge in [-0.1, -0.05) is 6.07 Å². The third-order valence-corrected chi connectivity index (χ3v) is 3.82. The van der Waals surface area contributed by atoms with Gasteiger partial charge in [0, 0.05) is 24.3 Å². The number of nitrogens with one attached hydrogen (secondary N) is 1. The Morgan fingerprint density at radius 2 is 1.91 bits per heavy atom. The standard InChI is InChI=1S/C17H18FN3O/c18-13-5-3-4-12(10-13)17(22)20-14-6-7-16(15(19)11-14)21-8-1-2-9-21/h3-7,10-11H,1-2,8-9,19H2,(H,20,22). The molecule has 0 bridgehead atoms. The predicted octanol–water partition coefficient (Wildman–Crippen LogP) is 3.26. The molecule has 1 aliphatic rings. The summed E-state index contributed by atoms with van der Waals surface area (Å²) in [7, 11) is 0. The lowest BCUT2D eigenvalue weighted by atomic mass is 10.2. The van der Waals surface area contributed by atoms with Crippen molar-refractivity contribution in [2.24, 2.45) is 0 Å². The number of hydrogen-bond donors (Lipinski definition) is 2. The Morgan fingerprint density at radius 3 is 2.59 bits per heavy atom. The van der Waals surface area contributed by atoms with Crippen LogP contribution in [0.5, 0.6) is 0 Å². The zero-order valence-corrected chi connectivity index (χ0v) is 12.2. The van der Waals surface area contributed by atoms with Crippen LogP contribution in [0.25, 0.3) is 0 Å². The highest BCUT2D eigenvalue weighted by Gasteiger charge is 2.15. The Kier molecular flexibility index (Phi) is 3.96. The molecule has 1 fully saturated rings. The molecule has 0 radical (unpaired) electrons. The normalized spacial score (nSPS) is 14.1. The molecule has 3 N–H and O–H groups in total. The van der Waals surface area contributed by atoms with Gasteiger partial charge in [-0.15, -0.1) is 0 Å². The fourth-order valence-electron chi connectivity index (χ4n) is 2.71. The summed E-state index contributed by atoms with van der Waals surface area (Å²) in [5.74, 6) is -0.788. The molecular weight excluding hydrogens is 281 g/mol. The lowest BCUT2D eigenvalue weighted by Crippen LogP contribution is -2.19. The topological polar surface area (TPSA) is 58.4 Å². The van der Waals surface area contributed by atoms with Crippen LogP contribution in [-0.4, -0.2) is 19.0 Å². The highest BCUT2D eigenvalue weighted by atomic mass is 19.1. The largest absolute Gasteiger partial charge is 0.397 e. The van der Waals surface area contributed by atoms with Crippen LogP contribution < -0.4 is 16.0 Å². The van der Waals surface area contributed by atoms with Crippen LogP contribution in [0.15, 0.2) is 42.5 Å². The van der Waals surface area contributed by atoms with Crippen molar-refractivity contribution in [2.45, 2.75) is 12.8 Å². The van der Waals surface area contributed by atoms with Crippen LogP contribution in [0, 0.1) is 5.82 Å². The van der Waals surface area contributed by atoms with Gasteiger partial charge in [-0.3, -0.25) is 4.79 Å². The molecule has 0 aliphatic carbocycles. The highest BCUT2D eigenvalue weighted by Crippen LogP contribution is 2.29. The zero-order chi connectivity index (χ0) is 15.5.